The molecule has 0 N–H and O–H groups in total. The van der Waals surface area contributed by atoms with E-state index in [2.05, 4.69) is 44.2 Å². The Balaban J connectivity index is 1.58. The Morgan fingerprint density at radius 3 is 3.00 bits per heavy atom. The average Bonchev–Trinajstić information content (AvgIpc) is 3.03. The van der Waals surface area contributed by atoms with Crippen molar-refractivity contribution in [1.29, 1.82) is 0 Å². The second-order valence-electron chi connectivity index (χ2n) is 5.87. The summed E-state index contributed by atoms with van der Waals surface area (Å²) in [7, 11) is 0. The first-order valence-corrected chi connectivity index (χ1v) is 7.85. The van der Waals surface area contributed by atoms with Gasteiger partial charge >= 0.3 is 0 Å². The Kier molecular flexibility index (Phi) is 3.77. The van der Waals surface area contributed by atoms with Crippen LogP contribution in [0.2, 0.25) is 0 Å². The van der Waals surface area contributed by atoms with E-state index in [1.165, 1.54) is 11.9 Å². The third-order valence-corrected chi connectivity index (χ3v) is 4.14. The Hall–Kier alpha value is -2.31. The maximum absolute atomic E-state index is 6.01. The Morgan fingerprint density at radius 2 is 2.13 bits per heavy atom. The van der Waals surface area contributed by atoms with Gasteiger partial charge in [-0.2, -0.15) is 14.6 Å². The van der Waals surface area contributed by atoms with Crippen molar-refractivity contribution in [1.82, 2.24) is 24.5 Å². The van der Waals surface area contributed by atoms with Gasteiger partial charge in [0.2, 0.25) is 0 Å². The molecule has 0 bridgehead atoms. The van der Waals surface area contributed by atoms with E-state index >= 15 is 0 Å². The minimum atomic E-state index is -0.0154. The van der Waals surface area contributed by atoms with Gasteiger partial charge < -0.3 is 4.74 Å². The highest BCUT2D eigenvalue weighted by molar-refractivity contribution is 5.31. The molecule has 1 saturated heterocycles. The lowest BCUT2D eigenvalue weighted by atomic mass is 10.1. The molecule has 0 aliphatic carbocycles. The molecule has 118 valence electrons. The number of ether oxygens (including phenoxy) is 1. The van der Waals surface area contributed by atoms with Crippen LogP contribution >= 0.6 is 0 Å². The van der Waals surface area contributed by atoms with E-state index in [0.29, 0.717) is 5.78 Å². The van der Waals surface area contributed by atoms with Gasteiger partial charge in [0.1, 0.15) is 12.4 Å². The molecule has 1 aliphatic rings. The Labute approximate surface area is 134 Å². The Bertz CT molecular complexity index is 801. The predicted molar refractivity (Wildman–Crippen MR) is 85.9 cm³/mol. The number of fused-ring (bicyclic) bond motifs is 1. The lowest BCUT2D eigenvalue weighted by molar-refractivity contribution is -0.0360. The van der Waals surface area contributed by atoms with Gasteiger partial charge in [0.15, 0.2) is 0 Å². The van der Waals surface area contributed by atoms with Gasteiger partial charge in [-0.3, -0.25) is 4.90 Å². The molecule has 1 aliphatic heterocycles. The van der Waals surface area contributed by atoms with Crippen LogP contribution in [-0.2, 0) is 11.3 Å². The molecule has 4 rings (SSSR count). The maximum Gasteiger partial charge on any atom is 0.252 e. The summed E-state index contributed by atoms with van der Waals surface area (Å²) in [6.07, 6.45) is 1.52. The molecule has 0 radical (unpaired) electrons. The van der Waals surface area contributed by atoms with Crippen molar-refractivity contribution in [2.75, 3.05) is 19.7 Å². The van der Waals surface area contributed by atoms with E-state index in [0.717, 1.165) is 37.6 Å². The van der Waals surface area contributed by atoms with E-state index < -0.39 is 0 Å². The number of aromatic nitrogens is 4. The van der Waals surface area contributed by atoms with E-state index in [1.807, 2.05) is 19.1 Å². The molecule has 3 heterocycles. The van der Waals surface area contributed by atoms with E-state index in [9.17, 15) is 0 Å². The third kappa shape index (κ3) is 2.95. The molecule has 6 nitrogen and oxygen atoms in total. The van der Waals surface area contributed by atoms with Gasteiger partial charge in [0.05, 0.1) is 12.3 Å². The van der Waals surface area contributed by atoms with Crippen LogP contribution in [0, 0.1) is 6.92 Å². The summed E-state index contributed by atoms with van der Waals surface area (Å²) in [6, 6.07) is 12.6. The topological polar surface area (TPSA) is 55.6 Å². The smallest absolute Gasteiger partial charge is 0.252 e. The zero-order valence-electron chi connectivity index (χ0n) is 13.1. The normalized spacial score (nSPS) is 19.3. The molecule has 1 fully saturated rings. The fourth-order valence-corrected chi connectivity index (χ4v) is 3.05. The van der Waals surface area contributed by atoms with Crippen LogP contribution in [0.5, 0.6) is 0 Å². The van der Waals surface area contributed by atoms with E-state index in [1.54, 1.807) is 4.52 Å². The Morgan fingerprint density at radius 1 is 1.26 bits per heavy atom. The number of benzene rings is 1. The van der Waals surface area contributed by atoms with Crippen molar-refractivity contribution in [3.63, 3.8) is 0 Å². The fourth-order valence-electron chi connectivity index (χ4n) is 3.05. The average molecular weight is 309 g/mol. The molecule has 1 atom stereocenters. The highest BCUT2D eigenvalue weighted by Gasteiger charge is 2.25. The standard InChI is InChI=1S/C17H19N5O/c1-13-9-15(22-17(20-13)18-12-19-22)16-11-21(7-8-23-16)10-14-5-3-2-4-6-14/h2-6,9,12,16H,7-8,10-11H2,1H3. The molecule has 0 spiro atoms. The molecule has 1 aromatic carbocycles. The lowest BCUT2D eigenvalue weighted by Crippen LogP contribution is -2.38. The quantitative estimate of drug-likeness (QED) is 0.741. The molecule has 1 unspecified atom stereocenters. The largest absolute Gasteiger partial charge is 0.369 e. The number of morpholine rings is 1. The second-order valence-corrected chi connectivity index (χ2v) is 5.87. The van der Waals surface area contributed by atoms with Gasteiger partial charge in [-0.25, -0.2) is 4.98 Å². The second kappa shape index (κ2) is 6.06. The van der Waals surface area contributed by atoms with Crippen molar-refractivity contribution in [3.05, 3.63) is 59.7 Å². The van der Waals surface area contributed by atoms with Crippen LogP contribution < -0.4 is 0 Å². The lowest BCUT2D eigenvalue weighted by Gasteiger charge is -2.33. The van der Waals surface area contributed by atoms with Crippen LogP contribution in [0.4, 0.5) is 0 Å². The first-order valence-electron chi connectivity index (χ1n) is 7.85. The maximum atomic E-state index is 6.01. The summed E-state index contributed by atoms with van der Waals surface area (Å²) in [5.41, 5.74) is 3.28. The monoisotopic (exact) mass is 309 g/mol. The van der Waals surface area contributed by atoms with Gasteiger partial charge in [0.25, 0.3) is 5.78 Å². The fraction of sp³-hybridized carbons (Fsp3) is 0.353. The molecular weight excluding hydrogens is 290 g/mol. The van der Waals surface area contributed by atoms with Crippen LogP contribution in [0.25, 0.3) is 5.78 Å². The zero-order chi connectivity index (χ0) is 15.6. The molecule has 0 amide bonds. The first kappa shape index (κ1) is 14.3. The van der Waals surface area contributed by atoms with Crippen LogP contribution in [0.1, 0.15) is 23.1 Å². The van der Waals surface area contributed by atoms with Crippen molar-refractivity contribution in [2.45, 2.75) is 19.6 Å². The minimum absolute atomic E-state index is 0.0154. The summed E-state index contributed by atoms with van der Waals surface area (Å²) < 4.78 is 7.79. The summed E-state index contributed by atoms with van der Waals surface area (Å²) in [6.45, 7) is 5.41. The van der Waals surface area contributed by atoms with Crippen LogP contribution in [-0.4, -0.2) is 44.2 Å². The summed E-state index contributed by atoms with van der Waals surface area (Å²) in [4.78, 5) is 11.0. The van der Waals surface area contributed by atoms with Crippen molar-refractivity contribution < 1.29 is 4.74 Å². The molecule has 6 heteroatoms. The number of aryl methyl sites for hydroxylation is 1. The van der Waals surface area contributed by atoms with Gasteiger partial charge in [-0.05, 0) is 18.6 Å². The third-order valence-electron chi connectivity index (χ3n) is 4.14. The first-order chi connectivity index (χ1) is 11.3. The minimum Gasteiger partial charge on any atom is -0.369 e. The summed E-state index contributed by atoms with van der Waals surface area (Å²) >= 11 is 0. The highest BCUT2D eigenvalue weighted by atomic mass is 16.5. The predicted octanol–water partition coefficient (Wildman–Crippen LogP) is 2.01. The van der Waals surface area contributed by atoms with Gasteiger partial charge in [-0.1, -0.05) is 30.3 Å². The van der Waals surface area contributed by atoms with E-state index in [4.69, 9.17) is 4.74 Å². The highest BCUT2D eigenvalue weighted by Crippen LogP contribution is 2.23. The summed E-state index contributed by atoms with van der Waals surface area (Å²) in [5, 5.41) is 4.29. The van der Waals surface area contributed by atoms with E-state index in [-0.39, 0.29) is 6.10 Å². The number of hydrogen-bond acceptors (Lipinski definition) is 5. The van der Waals surface area contributed by atoms with Crippen molar-refractivity contribution >= 4 is 5.78 Å². The van der Waals surface area contributed by atoms with Crippen LogP contribution in [0.3, 0.4) is 0 Å². The molecule has 23 heavy (non-hydrogen) atoms. The van der Waals surface area contributed by atoms with Gasteiger partial charge in [0, 0.05) is 25.3 Å². The number of rotatable bonds is 3. The van der Waals surface area contributed by atoms with Gasteiger partial charge in [-0.15, -0.1) is 0 Å². The van der Waals surface area contributed by atoms with Crippen molar-refractivity contribution in [3.8, 4) is 0 Å². The number of hydrogen-bond donors (Lipinski definition) is 0. The molecular formula is C17H19N5O. The van der Waals surface area contributed by atoms with Crippen molar-refractivity contribution in [2.24, 2.45) is 0 Å². The zero-order valence-corrected chi connectivity index (χ0v) is 13.1. The molecule has 2 aromatic heterocycles. The molecule has 0 saturated carbocycles. The number of nitrogens with zero attached hydrogens (tertiary/aromatic N) is 5. The SMILES string of the molecule is Cc1cc(C2CN(Cc3ccccc3)CCO2)n2ncnc2n1. The van der Waals surface area contributed by atoms with Crippen LogP contribution in [0.15, 0.2) is 42.7 Å². The molecule has 3 aromatic rings. The summed E-state index contributed by atoms with van der Waals surface area (Å²) in [5.74, 6) is 0.629.